The van der Waals surface area contributed by atoms with Crippen LogP contribution < -0.4 is 5.32 Å². The van der Waals surface area contributed by atoms with E-state index in [0.717, 1.165) is 29.9 Å². The number of nitrogens with zero attached hydrogens (tertiary/aromatic N) is 1. The summed E-state index contributed by atoms with van der Waals surface area (Å²) in [6.45, 7) is 5.76. The van der Waals surface area contributed by atoms with Crippen LogP contribution in [0.1, 0.15) is 61.4 Å². The van der Waals surface area contributed by atoms with Crippen LogP contribution >= 0.6 is 0 Å². The number of hydrogen-bond acceptors (Lipinski definition) is 2. The first-order valence-electron chi connectivity index (χ1n) is 9.79. The van der Waals surface area contributed by atoms with E-state index in [0.29, 0.717) is 6.04 Å². The molecule has 2 aliphatic carbocycles. The van der Waals surface area contributed by atoms with Crippen molar-refractivity contribution < 1.29 is 4.79 Å². The Morgan fingerprint density at radius 2 is 2.00 bits per heavy atom. The molecule has 1 saturated heterocycles. The Balaban J connectivity index is 1.32. The number of nitrogens with one attached hydrogen (secondary N) is 1. The predicted octanol–water partition coefficient (Wildman–Crippen LogP) is 3.84. The fraction of sp³-hybridized carbons (Fsp3) is 0.667. The minimum atomic E-state index is 0.116. The largest absolute Gasteiger partial charge is 0.349 e. The van der Waals surface area contributed by atoms with E-state index in [1.54, 1.807) is 0 Å². The van der Waals surface area contributed by atoms with Crippen LogP contribution in [0.3, 0.4) is 0 Å². The number of likely N-dealkylation sites (tertiary alicyclic amines) is 1. The Hall–Kier alpha value is -1.35. The lowest BCUT2D eigenvalue weighted by molar-refractivity contribution is 0.0923. The fourth-order valence-corrected chi connectivity index (χ4v) is 5.12. The van der Waals surface area contributed by atoms with Gasteiger partial charge in [-0.3, -0.25) is 9.69 Å². The van der Waals surface area contributed by atoms with Crippen LogP contribution in [-0.4, -0.2) is 29.9 Å². The van der Waals surface area contributed by atoms with Crippen LogP contribution in [0.15, 0.2) is 24.3 Å². The van der Waals surface area contributed by atoms with Gasteiger partial charge in [0.15, 0.2) is 0 Å². The summed E-state index contributed by atoms with van der Waals surface area (Å²) in [5.74, 6) is 2.53. The van der Waals surface area contributed by atoms with E-state index in [4.69, 9.17) is 0 Å². The first-order chi connectivity index (χ1) is 11.7. The molecule has 24 heavy (non-hydrogen) atoms. The molecule has 0 radical (unpaired) electrons. The first kappa shape index (κ1) is 16.1. The van der Waals surface area contributed by atoms with E-state index in [1.165, 1.54) is 57.2 Å². The highest BCUT2D eigenvalue weighted by atomic mass is 16.1. The van der Waals surface area contributed by atoms with E-state index in [2.05, 4.69) is 29.3 Å². The van der Waals surface area contributed by atoms with Gasteiger partial charge < -0.3 is 5.32 Å². The Kier molecular flexibility index (Phi) is 4.62. The number of rotatable bonds is 4. The van der Waals surface area contributed by atoms with Gasteiger partial charge >= 0.3 is 0 Å². The monoisotopic (exact) mass is 326 g/mol. The standard InChI is InChI=1S/C21H30N2O/c1-15-3-2-10-23(13-15)14-16-4-7-18(8-5-16)21(24)22-20-12-17-6-9-19(20)11-17/h4-5,7-8,15,17,19-20H,2-3,6,9-14H2,1H3,(H,22,24)/t15-,17-,19-,20+/m0/s1. The van der Waals surface area contributed by atoms with Crippen molar-refractivity contribution >= 4 is 5.91 Å². The van der Waals surface area contributed by atoms with Gasteiger partial charge in [-0.15, -0.1) is 0 Å². The maximum absolute atomic E-state index is 12.5. The van der Waals surface area contributed by atoms with Crippen molar-refractivity contribution in [2.24, 2.45) is 17.8 Å². The summed E-state index contributed by atoms with van der Waals surface area (Å²) in [6, 6.07) is 8.70. The summed E-state index contributed by atoms with van der Waals surface area (Å²) in [6.07, 6.45) is 7.88. The number of fused-ring (bicyclic) bond motifs is 2. The Morgan fingerprint density at radius 1 is 1.17 bits per heavy atom. The lowest BCUT2D eigenvalue weighted by Crippen LogP contribution is -2.38. The normalized spacial score (nSPS) is 32.9. The summed E-state index contributed by atoms with van der Waals surface area (Å²) in [5, 5.41) is 3.28. The molecule has 1 amide bonds. The summed E-state index contributed by atoms with van der Waals surface area (Å²) in [5.41, 5.74) is 2.13. The number of piperidine rings is 1. The summed E-state index contributed by atoms with van der Waals surface area (Å²) in [4.78, 5) is 15.0. The molecule has 1 N–H and O–H groups in total. The van der Waals surface area contributed by atoms with Crippen molar-refractivity contribution in [1.82, 2.24) is 10.2 Å². The van der Waals surface area contributed by atoms with Crippen LogP contribution in [0.5, 0.6) is 0 Å². The van der Waals surface area contributed by atoms with E-state index < -0.39 is 0 Å². The van der Waals surface area contributed by atoms with Gasteiger partial charge in [0, 0.05) is 24.7 Å². The molecule has 1 aromatic rings. The van der Waals surface area contributed by atoms with Gasteiger partial charge in [0.2, 0.25) is 0 Å². The third-order valence-corrected chi connectivity index (χ3v) is 6.42. The summed E-state index contributed by atoms with van der Waals surface area (Å²) < 4.78 is 0. The Morgan fingerprint density at radius 3 is 2.67 bits per heavy atom. The molecule has 0 unspecified atom stereocenters. The van der Waals surface area contributed by atoms with Crippen LogP contribution in [-0.2, 0) is 6.54 Å². The van der Waals surface area contributed by atoms with Gasteiger partial charge in [0.25, 0.3) is 5.91 Å². The second kappa shape index (κ2) is 6.87. The van der Waals surface area contributed by atoms with Gasteiger partial charge in [-0.1, -0.05) is 25.5 Å². The topological polar surface area (TPSA) is 32.3 Å². The molecule has 4 rings (SSSR count). The second-order valence-corrected chi connectivity index (χ2v) is 8.43. The van der Waals surface area contributed by atoms with Gasteiger partial charge in [-0.2, -0.15) is 0 Å². The van der Waals surface area contributed by atoms with E-state index >= 15 is 0 Å². The fourth-order valence-electron chi connectivity index (χ4n) is 5.12. The van der Waals surface area contributed by atoms with Crippen LogP contribution in [0.25, 0.3) is 0 Å². The highest BCUT2D eigenvalue weighted by molar-refractivity contribution is 5.94. The smallest absolute Gasteiger partial charge is 0.251 e. The molecule has 0 spiro atoms. The SMILES string of the molecule is C[C@H]1CCCN(Cc2ccc(C(=O)N[C@@H]3C[C@H]4CC[C@H]3C4)cc2)C1. The maximum atomic E-state index is 12.5. The zero-order valence-electron chi connectivity index (χ0n) is 14.8. The van der Waals surface area contributed by atoms with Crippen molar-refractivity contribution in [3.05, 3.63) is 35.4 Å². The number of amides is 1. The van der Waals surface area contributed by atoms with Gasteiger partial charge in [-0.25, -0.2) is 0 Å². The number of carbonyl (C=O) groups excluding carboxylic acids is 1. The highest BCUT2D eigenvalue weighted by Gasteiger charge is 2.40. The van der Waals surface area contributed by atoms with Crippen molar-refractivity contribution in [2.45, 2.75) is 58.0 Å². The number of benzene rings is 1. The lowest BCUT2D eigenvalue weighted by atomic mass is 9.95. The Labute approximate surface area is 145 Å². The number of carbonyl (C=O) groups is 1. The van der Waals surface area contributed by atoms with Gasteiger partial charge in [0.05, 0.1) is 0 Å². The van der Waals surface area contributed by atoms with Crippen molar-refractivity contribution in [2.75, 3.05) is 13.1 Å². The maximum Gasteiger partial charge on any atom is 0.251 e. The molecule has 0 aromatic heterocycles. The van der Waals surface area contributed by atoms with Crippen molar-refractivity contribution in [3.63, 3.8) is 0 Å². The van der Waals surface area contributed by atoms with E-state index in [9.17, 15) is 4.79 Å². The van der Waals surface area contributed by atoms with Gasteiger partial charge in [0.1, 0.15) is 0 Å². The summed E-state index contributed by atoms with van der Waals surface area (Å²) in [7, 11) is 0. The third kappa shape index (κ3) is 3.51. The minimum absolute atomic E-state index is 0.116. The van der Waals surface area contributed by atoms with Crippen LogP contribution in [0, 0.1) is 17.8 Å². The molecule has 2 saturated carbocycles. The zero-order valence-corrected chi connectivity index (χ0v) is 14.8. The van der Waals surface area contributed by atoms with E-state index in [1.807, 2.05) is 12.1 Å². The molecule has 3 fully saturated rings. The van der Waals surface area contributed by atoms with Crippen LogP contribution in [0.4, 0.5) is 0 Å². The first-order valence-corrected chi connectivity index (χ1v) is 9.79. The van der Waals surface area contributed by atoms with Crippen molar-refractivity contribution in [3.8, 4) is 0 Å². The van der Waals surface area contributed by atoms with E-state index in [-0.39, 0.29) is 5.91 Å². The molecular weight excluding hydrogens is 296 g/mol. The second-order valence-electron chi connectivity index (χ2n) is 8.43. The quantitative estimate of drug-likeness (QED) is 0.912. The third-order valence-electron chi connectivity index (χ3n) is 6.42. The van der Waals surface area contributed by atoms with Crippen molar-refractivity contribution in [1.29, 1.82) is 0 Å². The predicted molar refractivity (Wildman–Crippen MR) is 96.8 cm³/mol. The summed E-state index contributed by atoms with van der Waals surface area (Å²) >= 11 is 0. The lowest BCUT2D eigenvalue weighted by Gasteiger charge is -2.30. The zero-order chi connectivity index (χ0) is 16.5. The molecule has 1 aromatic carbocycles. The highest BCUT2D eigenvalue weighted by Crippen LogP contribution is 2.44. The minimum Gasteiger partial charge on any atom is -0.349 e. The average molecular weight is 326 g/mol. The molecule has 1 aliphatic heterocycles. The molecule has 1 heterocycles. The average Bonchev–Trinajstić information content (AvgIpc) is 3.18. The number of hydrogen-bond donors (Lipinski definition) is 1. The Bertz CT molecular complexity index is 582. The molecule has 4 atom stereocenters. The molecule has 130 valence electrons. The molecule has 3 heteroatoms. The molecule has 3 aliphatic rings. The molecule has 2 bridgehead atoms. The molecular formula is C21H30N2O. The molecule has 3 nitrogen and oxygen atoms in total. The van der Waals surface area contributed by atoms with Gasteiger partial charge in [-0.05, 0) is 74.1 Å². The van der Waals surface area contributed by atoms with Crippen LogP contribution in [0.2, 0.25) is 0 Å².